The Hall–Kier alpha value is -3.78. The van der Waals surface area contributed by atoms with Crippen LogP contribution < -0.4 is 5.32 Å². The van der Waals surface area contributed by atoms with Gasteiger partial charge in [0.25, 0.3) is 11.9 Å². The van der Waals surface area contributed by atoms with Crippen LogP contribution in [0, 0.1) is 0 Å². The van der Waals surface area contributed by atoms with E-state index in [0.717, 1.165) is 44.6 Å². The van der Waals surface area contributed by atoms with Crippen molar-refractivity contribution >= 4 is 5.91 Å². The molecule has 2 fully saturated rings. The lowest BCUT2D eigenvalue weighted by Gasteiger charge is -2.17. The van der Waals surface area contributed by atoms with E-state index in [-0.39, 0.29) is 11.9 Å². The molecule has 0 bridgehead atoms. The zero-order valence-corrected chi connectivity index (χ0v) is 18.8. The number of furan rings is 1. The molecule has 1 saturated carbocycles. The molecule has 8 heteroatoms. The number of likely N-dealkylation sites (tertiary alicyclic amines) is 1. The van der Waals surface area contributed by atoms with E-state index in [4.69, 9.17) is 4.42 Å². The Kier molecular flexibility index (Phi) is 5.43. The van der Waals surface area contributed by atoms with Crippen LogP contribution in [-0.4, -0.2) is 49.7 Å². The first-order valence-corrected chi connectivity index (χ1v) is 11.8. The molecule has 1 saturated heterocycles. The second-order valence-corrected chi connectivity index (χ2v) is 9.03. The normalized spacial score (nSPS) is 18.3. The first-order chi connectivity index (χ1) is 16.7. The number of nitrogens with one attached hydrogen (secondary N) is 1. The molecule has 1 atom stereocenters. The van der Waals surface area contributed by atoms with Crippen LogP contribution in [0.5, 0.6) is 0 Å². The Morgan fingerprint density at radius 1 is 1.09 bits per heavy atom. The Morgan fingerprint density at radius 3 is 2.76 bits per heavy atom. The second kappa shape index (κ2) is 8.87. The number of carbonyl (C=O) groups is 1. The summed E-state index contributed by atoms with van der Waals surface area (Å²) in [5.41, 5.74) is 3.50. The fourth-order valence-corrected chi connectivity index (χ4v) is 4.65. The first-order valence-electron chi connectivity index (χ1n) is 11.8. The highest BCUT2D eigenvalue weighted by atomic mass is 16.3. The predicted molar refractivity (Wildman–Crippen MR) is 126 cm³/mol. The highest BCUT2D eigenvalue weighted by molar-refractivity contribution is 5.95. The quantitative estimate of drug-likeness (QED) is 0.457. The molecular formula is C26H26N6O2. The van der Waals surface area contributed by atoms with E-state index in [1.807, 2.05) is 18.2 Å². The number of amides is 1. The van der Waals surface area contributed by atoms with Gasteiger partial charge in [0, 0.05) is 37.8 Å². The number of nitrogens with zero attached hydrogens (tertiary/aromatic N) is 5. The van der Waals surface area contributed by atoms with Crippen molar-refractivity contribution in [1.82, 2.24) is 30.0 Å². The number of rotatable bonds is 7. The molecule has 4 aromatic rings. The number of hydrogen-bond donors (Lipinski definition) is 1. The number of hydrogen-bond acceptors (Lipinski definition) is 6. The van der Waals surface area contributed by atoms with Crippen LogP contribution in [0.3, 0.4) is 0 Å². The van der Waals surface area contributed by atoms with Crippen LogP contribution in [0.1, 0.15) is 46.8 Å². The molecular weight excluding hydrogens is 428 g/mol. The van der Waals surface area contributed by atoms with Crippen molar-refractivity contribution in [2.45, 2.75) is 37.8 Å². The molecule has 0 unspecified atom stereocenters. The lowest BCUT2D eigenvalue weighted by molar-refractivity contribution is 0.0936. The zero-order valence-electron chi connectivity index (χ0n) is 18.8. The first kappa shape index (κ1) is 20.8. The summed E-state index contributed by atoms with van der Waals surface area (Å²) in [6.07, 6.45) is 7.99. The Morgan fingerprint density at radius 2 is 1.97 bits per heavy atom. The summed E-state index contributed by atoms with van der Waals surface area (Å²) < 4.78 is 7.19. The van der Waals surface area contributed by atoms with Crippen LogP contribution in [0.15, 0.2) is 71.6 Å². The van der Waals surface area contributed by atoms with E-state index in [1.165, 1.54) is 5.56 Å². The summed E-state index contributed by atoms with van der Waals surface area (Å²) in [5.74, 6) is 1.35. The summed E-state index contributed by atoms with van der Waals surface area (Å²) in [7, 11) is 0. The fraction of sp³-hybridized carbons (Fsp3) is 0.308. The molecule has 172 valence electrons. The average Bonchev–Trinajstić information content (AvgIpc) is 3.25. The summed E-state index contributed by atoms with van der Waals surface area (Å²) in [4.78, 5) is 24.7. The van der Waals surface area contributed by atoms with Crippen molar-refractivity contribution in [1.29, 1.82) is 0 Å². The van der Waals surface area contributed by atoms with Gasteiger partial charge in [-0.2, -0.15) is 5.10 Å². The molecule has 0 radical (unpaired) electrons. The Balaban J connectivity index is 1.19. The van der Waals surface area contributed by atoms with Crippen LogP contribution in [0.25, 0.3) is 17.4 Å². The van der Waals surface area contributed by atoms with Gasteiger partial charge in [-0.25, -0.2) is 14.6 Å². The van der Waals surface area contributed by atoms with Gasteiger partial charge in [0.05, 0.1) is 23.7 Å². The maximum atomic E-state index is 13.3. The lowest BCUT2D eigenvalue weighted by atomic mass is 10.1. The monoisotopic (exact) mass is 454 g/mol. The molecule has 1 amide bonds. The highest BCUT2D eigenvalue weighted by Gasteiger charge is 2.34. The third-order valence-corrected chi connectivity index (χ3v) is 6.48. The van der Waals surface area contributed by atoms with Crippen molar-refractivity contribution in [3.63, 3.8) is 0 Å². The van der Waals surface area contributed by atoms with E-state index in [2.05, 4.69) is 49.5 Å². The van der Waals surface area contributed by atoms with Crippen molar-refractivity contribution in [3.05, 3.63) is 84.0 Å². The Labute approximate surface area is 197 Å². The molecule has 6 rings (SSSR count). The summed E-state index contributed by atoms with van der Waals surface area (Å²) in [5, 5.41) is 7.77. The van der Waals surface area contributed by atoms with Crippen LogP contribution in [-0.2, 0) is 6.54 Å². The molecule has 1 aromatic carbocycles. The molecule has 1 N–H and O–H groups in total. The molecule has 0 spiro atoms. The van der Waals surface area contributed by atoms with Crippen molar-refractivity contribution in [3.8, 4) is 17.4 Å². The second-order valence-electron chi connectivity index (χ2n) is 9.03. The van der Waals surface area contributed by atoms with Gasteiger partial charge in [-0.3, -0.25) is 9.69 Å². The third-order valence-electron chi connectivity index (χ3n) is 6.48. The molecule has 34 heavy (non-hydrogen) atoms. The van der Waals surface area contributed by atoms with Gasteiger partial charge in [0.15, 0.2) is 5.76 Å². The number of benzene rings is 1. The minimum Gasteiger partial charge on any atom is -0.463 e. The van der Waals surface area contributed by atoms with E-state index in [1.54, 1.807) is 29.4 Å². The van der Waals surface area contributed by atoms with Gasteiger partial charge in [-0.1, -0.05) is 30.3 Å². The topological polar surface area (TPSA) is 89.1 Å². The molecule has 3 aromatic heterocycles. The SMILES string of the molecule is O=C(N[C@@H]1CCN(Cc2ccccc2)C1)c1cnn(-c2nccc(-c3ccco3)n2)c1C1CC1. The standard InChI is InChI=1S/C26H26N6O2/c33-25(29-20-11-13-31(17-20)16-18-5-2-1-3-6-18)21-15-28-32(24(21)19-8-9-19)26-27-12-10-22(30-26)23-7-4-14-34-23/h1-7,10,12,14-15,19-20H,8-9,11,13,16-17H2,(H,29,33)/t20-/m1/s1. The van der Waals surface area contributed by atoms with Crippen LogP contribution >= 0.6 is 0 Å². The fourth-order valence-electron chi connectivity index (χ4n) is 4.65. The minimum absolute atomic E-state index is 0.0677. The smallest absolute Gasteiger partial charge is 0.255 e. The molecule has 1 aliphatic heterocycles. The Bertz CT molecular complexity index is 1280. The molecule has 4 heterocycles. The van der Waals surface area contributed by atoms with Crippen LogP contribution in [0.2, 0.25) is 0 Å². The van der Waals surface area contributed by atoms with Crippen LogP contribution in [0.4, 0.5) is 0 Å². The number of carbonyl (C=O) groups excluding carboxylic acids is 1. The van der Waals surface area contributed by atoms with Gasteiger partial charge < -0.3 is 9.73 Å². The summed E-state index contributed by atoms with van der Waals surface area (Å²) >= 11 is 0. The summed E-state index contributed by atoms with van der Waals surface area (Å²) in [6.45, 7) is 2.73. The maximum absolute atomic E-state index is 13.3. The molecule has 1 aliphatic carbocycles. The van der Waals surface area contributed by atoms with Gasteiger partial charge in [0.1, 0.15) is 5.69 Å². The van der Waals surface area contributed by atoms with Gasteiger partial charge in [-0.15, -0.1) is 0 Å². The summed E-state index contributed by atoms with van der Waals surface area (Å²) in [6, 6.07) is 16.1. The van der Waals surface area contributed by atoms with Crippen molar-refractivity contribution in [2.24, 2.45) is 0 Å². The van der Waals surface area contributed by atoms with Gasteiger partial charge in [0.2, 0.25) is 0 Å². The van der Waals surface area contributed by atoms with Gasteiger partial charge >= 0.3 is 0 Å². The predicted octanol–water partition coefficient (Wildman–Crippen LogP) is 3.80. The molecule has 2 aliphatic rings. The van der Waals surface area contributed by atoms with Crippen molar-refractivity contribution < 1.29 is 9.21 Å². The molecule has 8 nitrogen and oxygen atoms in total. The number of aromatic nitrogens is 4. The zero-order chi connectivity index (χ0) is 22.9. The van der Waals surface area contributed by atoms with Gasteiger partial charge in [-0.05, 0) is 43.0 Å². The lowest BCUT2D eigenvalue weighted by Crippen LogP contribution is -2.37. The van der Waals surface area contributed by atoms with E-state index in [9.17, 15) is 4.79 Å². The minimum atomic E-state index is -0.0677. The van der Waals surface area contributed by atoms with E-state index < -0.39 is 0 Å². The maximum Gasteiger partial charge on any atom is 0.255 e. The van der Waals surface area contributed by atoms with Crippen molar-refractivity contribution in [2.75, 3.05) is 13.1 Å². The average molecular weight is 455 g/mol. The third kappa shape index (κ3) is 4.24. The highest BCUT2D eigenvalue weighted by Crippen LogP contribution is 2.42. The van der Waals surface area contributed by atoms with E-state index in [0.29, 0.717) is 28.9 Å². The largest absolute Gasteiger partial charge is 0.463 e. The van der Waals surface area contributed by atoms with E-state index >= 15 is 0 Å².